The van der Waals surface area contributed by atoms with Crippen LogP contribution >= 0.6 is 11.3 Å². The molecule has 1 rings (SSSR count). The highest BCUT2D eigenvalue weighted by molar-refractivity contribution is 7.07. The topological polar surface area (TPSA) is 91.3 Å². The van der Waals surface area contributed by atoms with Crippen molar-refractivity contribution in [3.63, 3.8) is 0 Å². The zero-order valence-corrected chi connectivity index (χ0v) is 11.7. The van der Waals surface area contributed by atoms with Crippen LogP contribution in [-0.4, -0.2) is 34.7 Å². The lowest BCUT2D eigenvalue weighted by Gasteiger charge is -2.13. The van der Waals surface area contributed by atoms with E-state index in [0.29, 0.717) is 25.8 Å². The van der Waals surface area contributed by atoms with Gasteiger partial charge in [-0.3, -0.25) is 4.79 Å². The van der Waals surface area contributed by atoms with Crippen LogP contribution in [0.5, 0.6) is 0 Å². The molecule has 19 heavy (non-hydrogen) atoms. The number of hydrogen-bond donors (Lipinski definition) is 3. The van der Waals surface area contributed by atoms with Gasteiger partial charge in [0.15, 0.2) is 0 Å². The molecule has 0 radical (unpaired) electrons. The number of nitrogens with zero attached hydrogens (tertiary/aromatic N) is 1. The molecule has 0 aliphatic carbocycles. The van der Waals surface area contributed by atoms with Crippen LogP contribution in [-0.2, 0) is 11.2 Å². The monoisotopic (exact) mass is 285 g/mol. The van der Waals surface area contributed by atoms with Crippen molar-refractivity contribution >= 4 is 23.3 Å². The molecule has 1 aromatic rings. The van der Waals surface area contributed by atoms with E-state index in [0.717, 1.165) is 5.69 Å². The Balaban J connectivity index is 2.07. The fraction of sp³-hybridized carbons (Fsp3) is 0.583. The molecule has 0 saturated heterocycles. The first kappa shape index (κ1) is 15.4. The first-order valence-corrected chi connectivity index (χ1v) is 7.15. The van der Waals surface area contributed by atoms with E-state index in [1.54, 1.807) is 5.51 Å². The lowest BCUT2D eigenvalue weighted by Crippen LogP contribution is -2.41. The maximum Gasteiger partial charge on any atom is 0.315 e. The van der Waals surface area contributed by atoms with Crippen LogP contribution in [0, 0.1) is 0 Å². The molecular formula is C12H19N3O3S. The predicted molar refractivity (Wildman–Crippen MR) is 73.3 cm³/mol. The van der Waals surface area contributed by atoms with Crippen molar-refractivity contribution in [2.75, 3.05) is 6.54 Å². The number of urea groups is 1. The lowest BCUT2D eigenvalue weighted by atomic mass is 10.1. The van der Waals surface area contributed by atoms with Crippen LogP contribution in [0.15, 0.2) is 10.9 Å². The molecule has 0 aliphatic rings. The molecule has 7 heteroatoms. The standard InChI is InChI=1S/C12H19N3O3S/c1-9(3-2-4-11(16)17)15-12(18)13-6-5-10-7-19-8-14-10/h7-9H,2-6H2,1H3,(H,16,17)(H2,13,15,18). The maximum atomic E-state index is 11.5. The Kier molecular flexibility index (Phi) is 6.88. The fourth-order valence-corrected chi connectivity index (χ4v) is 2.16. The highest BCUT2D eigenvalue weighted by Crippen LogP contribution is 2.01. The molecular weight excluding hydrogens is 266 g/mol. The molecule has 0 spiro atoms. The van der Waals surface area contributed by atoms with Crippen molar-refractivity contribution < 1.29 is 14.7 Å². The van der Waals surface area contributed by atoms with Gasteiger partial charge in [0.25, 0.3) is 0 Å². The summed E-state index contributed by atoms with van der Waals surface area (Å²) in [5, 5.41) is 16.0. The predicted octanol–water partition coefficient (Wildman–Crippen LogP) is 1.63. The molecule has 3 N–H and O–H groups in total. The molecule has 1 heterocycles. The van der Waals surface area contributed by atoms with E-state index in [4.69, 9.17) is 5.11 Å². The van der Waals surface area contributed by atoms with Crippen molar-refractivity contribution in [3.05, 3.63) is 16.6 Å². The number of carbonyl (C=O) groups is 2. The van der Waals surface area contributed by atoms with Crippen molar-refractivity contribution in [2.24, 2.45) is 0 Å². The Morgan fingerprint density at radius 2 is 2.32 bits per heavy atom. The highest BCUT2D eigenvalue weighted by atomic mass is 32.1. The Morgan fingerprint density at radius 3 is 2.95 bits per heavy atom. The number of carboxylic acids is 1. The number of aliphatic carboxylic acids is 1. The lowest BCUT2D eigenvalue weighted by molar-refractivity contribution is -0.137. The highest BCUT2D eigenvalue weighted by Gasteiger charge is 2.07. The number of amides is 2. The van der Waals surface area contributed by atoms with Crippen molar-refractivity contribution in [2.45, 2.75) is 38.6 Å². The summed E-state index contributed by atoms with van der Waals surface area (Å²) < 4.78 is 0. The quantitative estimate of drug-likeness (QED) is 0.677. The van der Waals surface area contributed by atoms with Gasteiger partial charge in [0.05, 0.1) is 11.2 Å². The molecule has 0 aromatic carbocycles. The normalized spacial score (nSPS) is 11.8. The van der Waals surface area contributed by atoms with Gasteiger partial charge in [0.2, 0.25) is 0 Å². The maximum absolute atomic E-state index is 11.5. The van der Waals surface area contributed by atoms with Crippen LogP contribution in [0.2, 0.25) is 0 Å². The number of carbonyl (C=O) groups excluding carboxylic acids is 1. The minimum Gasteiger partial charge on any atom is -0.481 e. The molecule has 1 unspecified atom stereocenters. The smallest absolute Gasteiger partial charge is 0.315 e. The summed E-state index contributed by atoms with van der Waals surface area (Å²) in [5.41, 5.74) is 2.74. The number of hydrogen-bond acceptors (Lipinski definition) is 4. The second kappa shape index (κ2) is 8.47. The Labute approximate surface area is 116 Å². The van der Waals surface area contributed by atoms with Gasteiger partial charge >= 0.3 is 12.0 Å². The molecule has 6 nitrogen and oxygen atoms in total. The molecule has 0 fully saturated rings. The van der Waals surface area contributed by atoms with Gasteiger partial charge in [0, 0.05) is 30.8 Å². The summed E-state index contributed by atoms with van der Waals surface area (Å²) in [6, 6.07) is -0.253. The molecule has 0 saturated carbocycles. The average Bonchev–Trinajstić information content (AvgIpc) is 2.81. The molecule has 106 valence electrons. The third kappa shape index (κ3) is 7.40. The molecule has 0 aliphatic heterocycles. The Bertz CT molecular complexity index is 395. The summed E-state index contributed by atoms with van der Waals surface area (Å²) in [7, 11) is 0. The summed E-state index contributed by atoms with van der Waals surface area (Å²) in [6.07, 6.45) is 2.07. The Hall–Kier alpha value is -1.63. The van der Waals surface area contributed by atoms with E-state index in [2.05, 4.69) is 15.6 Å². The van der Waals surface area contributed by atoms with Crippen LogP contribution in [0.1, 0.15) is 31.9 Å². The van der Waals surface area contributed by atoms with Crippen LogP contribution in [0.25, 0.3) is 0 Å². The Morgan fingerprint density at radius 1 is 1.53 bits per heavy atom. The van der Waals surface area contributed by atoms with E-state index >= 15 is 0 Å². The minimum absolute atomic E-state index is 0.0291. The summed E-state index contributed by atoms with van der Waals surface area (Å²) in [6.45, 7) is 2.40. The number of nitrogens with one attached hydrogen (secondary N) is 2. The van der Waals surface area contributed by atoms with E-state index in [-0.39, 0.29) is 18.5 Å². The van der Waals surface area contributed by atoms with Gasteiger partial charge < -0.3 is 15.7 Å². The third-order valence-corrected chi connectivity index (χ3v) is 3.19. The number of aromatic nitrogens is 1. The van der Waals surface area contributed by atoms with Gasteiger partial charge in [-0.05, 0) is 19.8 Å². The second-order valence-electron chi connectivity index (χ2n) is 4.32. The van der Waals surface area contributed by atoms with Gasteiger partial charge in [-0.2, -0.15) is 0 Å². The number of carboxylic acid groups (broad SMARTS) is 1. The van der Waals surface area contributed by atoms with E-state index in [1.165, 1.54) is 11.3 Å². The summed E-state index contributed by atoms with van der Waals surface area (Å²) >= 11 is 1.53. The van der Waals surface area contributed by atoms with Crippen LogP contribution < -0.4 is 10.6 Å². The van der Waals surface area contributed by atoms with Crippen molar-refractivity contribution in [1.29, 1.82) is 0 Å². The minimum atomic E-state index is -0.806. The van der Waals surface area contributed by atoms with Gasteiger partial charge in [-0.25, -0.2) is 9.78 Å². The number of thiazole rings is 1. The molecule has 1 atom stereocenters. The first-order chi connectivity index (χ1) is 9.08. The molecule has 1 aromatic heterocycles. The number of rotatable bonds is 8. The SMILES string of the molecule is CC(CCCC(=O)O)NC(=O)NCCc1cscn1. The average molecular weight is 285 g/mol. The third-order valence-electron chi connectivity index (χ3n) is 2.56. The van der Waals surface area contributed by atoms with Gasteiger partial charge in [0.1, 0.15) is 0 Å². The second-order valence-corrected chi connectivity index (χ2v) is 5.04. The molecule has 0 bridgehead atoms. The molecule has 2 amide bonds. The van der Waals surface area contributed by atoms with Crippen molar-refractivity contribution in [3.8, 4) is 0 Å². The first-order valence-electron chi connectivity index (χ1n) is 6.21. The summed E-state index contributed by atoms with van der Waals surface area (Å²) in [5.74, 6) is -0.806. The zero-order valence-electron chi connectivity index (χ0n) is 10.9. The van der Waals surface area contributed by atoms with E-state index in [9.17, 15) is 9.59 Å². The van der Waals surface area contributed by atoms with Gasteiger partial charge in [-0.15, -0.1) is 11.3 Å². The summed E-state index contributed by atoms with van der Waals surface area (Å²) in [4.78, 5) is 26.0. The van der Waals surface area contributed by atoms with Gasteiger partial charge in [-0.1, -0.05) is 0 Å². The van der Waals surface area contributed by atoms with E-state index < -0.39 is 5.97 Å². The van der Waals surface area contributed by atoms with Crippen LogP contribution in [0.4, 0.5) is 4.79 Å². The van der Waals surface area contributed by atoms with Crippen LogP contribution in [0.3, 0.4) is 0 Å². The fourth-order valence-electron chi connectivity index (χ4n) is 1.57. The largest absolute Gasteiger partial charge is 0.481 e. The van der Waals surface area contributed by atoms with Crippen molar-refractivity contribution in [1.82, 2.24) is 15.6 Å². The zero-order chi connectivity index (χ0) is 14.1. The van der Waals surface area contributed by atoms with E-state index in [1.807, 2.05) is 12.3 Å².